The summed E-state index contributed by atoms with van der Waals surface area (Å²) < 4.78 is 0. The van der Waals surface area contributed by atoms with Gasteiger partial charge >= 0.3 is 0 Å². The number of benzene rings is 1. The molecular formula is C16H26N2. The summed E-state index contributed by atoms with van der Waals surface area (Å²) in [6.45, 7) is 7.60. The summed E-state index contributed by atoms with van der Waals surface area (Å²) in [7, 11) is 0. The maximum absolute atomic E-state index is 5.82. The first-order valence-electron chi connectivity index (χ1n) is 7.21. The third-order valence-corrected chi connectivity index (χ3v) is 3.82. The quantitative estimate of drug-likeness (QED) is 0.865. The molecule has 1 saturated heterocycles. The van der Waals surface area contributed by atoms with Crippen LogP contribution in [0.25, 0.3) is 0 Å². The fourth-order valence-electron chi connectivity index (χ4n) is 2.86. The summed E-state index contributed by atoms with van der Waals surface area (Å²) in [5.74, 6) is 0.732. The van der Waals surface area contributed by atoms with Crippen LogP contribution in [0.2, 0.25) is 0 Å². The van der Waals surface area contributed by atoms with Crippen LogP contribution in [0.4, 0.5) is 0 Å². The molecule has 1 fully saturated rings. The normalized spacial score (nSPS) is 20.8. The number of nitrogens with two attached hydrogens (primary N) is 1. The highest BCUT2D eigenvalue weighted by molar-refractivity contribution is 5.23. The van der Waals surface area contributed by atoms with Gasteiger partial charge in [-0.3, -0.25) is 4.90 Å². The van der Waals surface area contributed by atoms with Crippen molar-refractivity contribution in [1.29, 1.82) is 0 Å². The molecule has 0 amide bonds. The van der Waals surface area contributed by atoms with Gasteiger partial charge in [-0.2, -0.15) is 0 Å². The van der Waals surface area contributed by atoms with E-state index >= 15 is 0 Å². The number of nitrogens with zero attached hydrogens (tertiary/aromatic N) is 1. The van der Waals surface area contributed by atoms with Gasteiger partial charge in [-0.05, 0) is 42.9 Å². The van der Waals surface area contributed by atoms with E-state index in [0.717, 1.165) is 19.0 Å². The summed E-state index contributed by atoms with van der Waals surface area (Å²) in [4.78, 5) is 2.53. The monoisotopic (exact) mass is 246 g/mol. The molecule has 0 bridgehead atoms. The van der Waals surface area contributed by atoms with E-state index in [1.54, 1.807) is 0 Å². The van der Waals surface area contributed by atoms with Gasteiger partial charge in [-0.1, -0.05) is 38.1 Å². The van der Waals surface area contributed by atoms with Crippen LogP contribution in [0.1, 0.15) is 37.8 Å². The number of hydrogen-bond acceptors (Lipinski definition) is 2. The summed E-state index contributed by atoms with van der Waals surface area (Å²) in [6.07, 6.45) is 3.74. The van der Waals surface area contributed by atoms with Crippen molar-refractivity contribution in [2.45, 2.75) is 45.7 Å². The fraction of sp³-hybridized carbons (Fsp3) is 0.625. The van der Waals surface area contributed by atoms with Gasteiger partial charge in [0, 0.05) is 19.1 Å². The largest absolute Gasteiger partial charge is 0.329 e. The van der Waals surface area contributed by atoms with Crippen LogP contribution in [0.5, 0.6) is 0 Å². The van der Waals surface area contributed by atoms with Crippen LogP contribution in [-0.2, 0) is 13.0 Å². The first-order chi connectivity index (χ1) is 8.69. The van der Waals surface area contributed by atoms with Crippen molar-refractivity contribution in [3.63, 3.8) is 0 Å². The molecule has 0 radical (unpaired) electrons. The lowest BCUT2D eigenvalue weighted by molar-refractivity contribution is 0.250. The van der Waals surface area contributed by atoms with E-state index in [2.05, 4.69) is 43.0 Å². The van der Waals surface area contributed by atoms with Crippen LogP contribution in [0.3, 0.4) is 0 Å². The first-order valence-corrected chi connectivity index (χ1v) is 7.21. The van der Waals surface area contributed by atoms with Crippen molar-refractivity contribution in [3.8, 4) is 0 Å². The Kier molecular flexibility index (Phi) is 4.79. The van der Waals surface area contributed by atoms with Crippen molar-refractivity contribution >= 4 is 0 Å². The van der Waals surface area contributed by atoms with Gasteiger partial charge in [-0.15, -0.1) is 0 Å². The predicted molar refractivity (Wildman–Crippen MR) is 77.5 cm³/mol. The van der Waals surface area contributed by atoms with Crippen LogP contribution in [-0.4, -0.2) is 24.0 Å². The van der Waals surface area contributed by atoms with E-state index in [-0.39, 0.29) is 0 Å². The van der Waals surface area contributed by atoms with E-state index in [0.29, 0.717) is 6.04 Å². The van der Waals surface area contributed by atoms with E-state index in [9.17, 15) is 0 Å². The first kappa shape index (κ1) is 13.6. The molecule has 2 nitrogen and oxygen atoms in total. The van der Waals surface area contributed by atoms with Crippen LogP contribution in [0.15, 0.2) is 24.3 Å². The molecule has 0 aromatic heterocycles. The zero-order valence-corrected chi connectivity index (χ0v) is 11.7. The second kappa shape index (κ2) is 6.35. The van der Waals surface area contributed by atoms with E-state index < -0.39 is 0 Å². The second-order valence-electron chi connectivity index (χ2n) is 5.92. The standard InChI is InChI=1S/C16H26N2/c1-13(2)10-14-5-7-15(8-6-14)12-18-9-3-4-16(18)11-17/h5-8,13,16H,3-4,9-12,17H2,1-2H3. The lowest BCUT2D eigenvalue weighted by atomic mass is 10.0. The molecular weight excluding hydrogens is 220 g/mol. The van der Waals surface area contributed by atoms with Gasteiger partial charge in [0.25, 0.3) is 0 Å². The molecule has 1 aliphatic rings. The summed E-state index contributed by atoms with van der Waals surface area (Å²) in [5.41, 5.74) is 8.68. The molecule has 1 atom stereocenters. The maximum Gasteiger partial charge on any atom is 0.0237 e. The summed E-state index contributed by atoms with van der Waals surface area (Å²) >= 11 is 0. The Labute approximate surface area is 111 Å². The summed E-state index contributed by atoms with van der Waals surface area (Å²) in [5, 5.41) is 0. The molecule has 100 valence electrons. The molecule has 0 spiro atoms. The zero-order chi connectivity index (χ0) is 13.0. The predicted octanol–water partition coefficient (Wildman–Crippen LogP) is 2.81. The average molecular weight is 246 g/mol. The topological polar surface area (TPSA) is 29.3 Å². The Morgan fingerprint density at radius 1 is 1.22 bits per heavy atom. The Balaban J connectivity index is 1.93. The smallest absolute Gasteiger partial charge is 0.0237 e. The Morgan fingerprint density at radius 3 is 2.50 bits per heavy atom. The Bertz CT molecular complexity index is 356. The maximum atomic E-state index is 5.82. The minimum Gasteiger partial charge on any atom is -0.329 e. The van der Waals surface area contributed by atoms with E-state index in [4.69, 9.17) is 5.73 Å². The van der Waals surface area contributed by atoms with E-state index in [1.165, 1.54) is 36.9 Å². The molecule has 2 rings (SSSR count). The molecule has 1 unspecified atom stereocenters. The van der Waals surface area contributed by atoms with Gasteiger partial charge < -0.3 is 5.73 Å². The third kappa shape index (κ3) is 3.56. The molecule has 18 heavy (non-hydrogen) atoms. The van der Waals surface area contributed by atoms with Gasteiger partial charge in [-0.25, -0.2) is 0 Å². The number of rotatable bonds is 5. The van der Waals surface area contributed by atoms with Gasteiger partial charge in [0.15, 0.2) is 0 Å². The lowest BCUT2D eigenvalue weighted by Crippen LogP contribution is -2.34. The minimum absolute atomic E-state index is 0.598. The molecule has 2 heteroatoms. The number of hydrogen-bond donors (Lipinski definition) is 1. The van der Waals surface area contributed by atoms with Crippen LogP contribution >= 0.6 is 0 Å². The van der Waals surface area contributed by atoms with Crippen molar-refractivity contribution in [3.05, 3.63) is 35.4 Å². The van der Waals surface area contributed by atoms with Crippen molar-refractivity contribution < 1.29 is 0 Å². The van der Waals surface area contributed by atoms with Gasteiger partial charge in [0.05, 0.1) is 0 Å². The second-order valence-corrected chi connectivity index (χ2v) is 5.92. The fourth-order valence-corrected chi connectivity index (χ4v) is 2.86. The summed E-state index contributed by atoms with van der Waals surface area (Å²) in [6, 6.07) is 9.72. The van der Waals surface area contributed by atoms with Gasteiger partial charge in [0.1, 0.15) is 0 Å². The highest BCUT2D eigenvalue weighted by atomic mass is 15.2. The highest BCUT2D eigenvalue weighted by Gasteiger charge is 2.22. The number of likely N-dealkylation sites (tertiary alicyclic amines) is 1. The third-order valence-electron chi connectivity index (χ3n) is 3.82. The average Bonchev–Trinajstić information content (AvgIpc) is 2.78. The van der Waals surface area contributed by atoms with Crippen LogP contribution in [0, 0.1) is 5.92 Å². The molecule has 2 N–H and O–H groups in total. The van der Waals surface area contributed by atoms with Crippen LogP contribution < -0.4 is 5.73 Å². The lowest BCUT2D eigenvalue weighted by Gasteiger charge is -2.23. The SMILES string of the molecule is CC(C)Cc1ccc(CN2CCCC2CN)cc1. The molecule has 0 saturated carbocycles. The molecule has 1 heterocycles. The zero-order valence-electron chi connectivity index (χ0n) is 11.7. The Hall–Kier alpha value is -0.860. The van der Waals surface area contributed by atoms with Crippen molar-refractivity contribution in [1.82, 2.24) is 4.90 Å². The molecule has 1 aromatic rings. The Morgan fingerprint density at radius 2 is 1.89 bits per heavy atom. The minimum atomic E-state index is 0.598. The van der Waals surface area contributed by atoms with E-state index in [1.807, 2.05) is 0 Å². The molecule has 1 aromatic carbocycles. The highest BCUT2D eigenvalue weighted by Crippen LogP contribution is 2.19. The van der Waals surface area contributed by atoms with Gasteiger partial charge in [0.2, 0.25) is 0 Å². The van der Waals surface area contributed by atoms with Crippen molar-refractivity contribution in [2.75, 3.05) is 13.1 Å². The molecule has 1 aliphatic heterocycles. The molecule has 0 aliphatic carbocycles. The van der Waals surface area contributed by atoms with Crippen molar-refractivity contribution in [2.24, 2.45) is 11.7 Å².